The summed E-state index contributed by atoms with van der Waals surface area (Å²) in [4.78, 5) is 27.5. The quantitative estimate of drug-likeness (QED) is 0.280. The van der Waals surface area contributed by atoms with E-state index in [4.69, 9.17) is 9.79 Å². The van der Waals surface area contributed by atoms with Gasteiger partial charge in [0, 0.05) is 14.7 Å². The molecule has 0 fully saturated rings. The Morgan fingerprint density at radius 3 is 1.96 bits per heavy atom. The van der Waals surface area contributed by atoms with E-state index in [1.165, 1.54) is 5.39 Å². The molecule has 0 saturated carbocycles. The molecule has 0 aliphatic rings. The average molecular weight is 390 g/mol. The van der Waals surface area contributed by atoms with Gasteiger partial charge in [0.25, 0.3) is 0 Å². The molecular weight excluding hydrogens is 374 g/mol. The third-order valence-electron chi connectivity index (χ3n) is 3.52. The molecule has 2 unspecified atom stereocenters. The van der Waals surface area contributed by atoms with Crippen molar-refractivity contribution in [1.29, 1.82) is 0 Å². The van der Waals surface area contributed by atoms with E-state index >= 15 is 0 Å². The first-order valence-corrected chi connectivity index (χ1v) is 9.67. The van der Waals surface area contributed by atoms with Gasteiger partial charge in [-0.3, -0.25) is 4.79 Å². The van der Waals surface area contributed by atoms with Crippen LogP contribution in [0.2, 0.25) is 0 Å². The summed E-state index contributed by atoms with van der Waals surface area (Å²) in [7, 11) is -5.85. The van der Waals surface area contributed by atoms with Gasteiger partial charge < -0.3 is 0 Å². The highest BCUT2D eigenvalue weighted by atomic mass is 31.2. The van der Waals surface area contributed by atoms with Crippen molar-refractivity contribution in [3.05, 3.63) is 72.3 Å². The topological polar surface area (TPSA) is 101 Å². The SMILES string of the molecule is C=C(C)C(=O)c1cccc2cc3ccccc3cc12.O=[P+](O)O[P+](=O)O. The van der Waals surface area contributed by atoms with Crippen LogP contribution in [0.5, 0.6) is 0 Å². The van der Waals surface area contributed by atoms with Gasteiger partial charge in [-0.1, -0.05) is 49.0 Å². The minimum atomic E-state index is -2.92. The highest BCUT2D eigenvalue weighted by Gasteiger charge is 2.31. The second-order valence-electron chi connectivity index (χ2n) is 5.39. The van der Waals surface area contributed by atoms with Crippen molar-refractivity contribution in [3.63, 3.8) is 0 Å². The van der Waals surface area contributed by atoms with Crippen LogP contribution in [-0.2, 0) is 13.4 Å². The molecule has 0 aliphatic carbocycles. The molecule has 0 bridgehead atoms. The standard InChI is InChI=1S/C18H14O.O5P2/c1-12(2)18(19)16-9-5-8-15-10-13-6-3-4-7-14(13)11-17(15)16;1-6(2)5-7(3)4/h3-11H,1H2,2H3;/p+2. The number of fused-ring (bicyclic) bond motifs is 2. The van der Waals surface area contributed by atoms with E-state index in [9.17, 15) is 13.9 Å². The summed E-state index contributed by atoms with van der Waals surface area (Å²) in [6, 6.07) is 18.2. The Morgan fingerprint density at radius 2 is 1.46 bits per heavy atom. The molecule has 132 valence electrons. The van der Waals surface area contributed by atoms with E-state index in [0.717, 1.165) is 21.7 Å². The second-order valence-corrected chi connectivity index (χ2v) is 7.00. The van der Waals surface area contributed by atoms with Crippen LogP contribution in [0.1, 0.15) is 17.3 Å². The molecule has 3 aromatic rings. The van der Waals surface area contributed by atoms with Gasteiger partial charge in [-0.05, 0) is 46.2 Å². The number of benzene rings is 3. The Hall–Kier alpha value is -2.33. The second kappa shape index (κ2) is 8.86. The van der Waals surface area contributed by atoms with E-state index in [0.29, 0.717) is 5.57 Å². The monoisotopic (exact) mass is 390 g/mol. The molecule has 0 radical (unpaired) electrons. The zero-order chi connectivity index (χ0) is 19.3. The molecule has 8 heteroatoms. The van der Waals surface area contributed by atoms with Crippen molar-refractivity contribution in [1.82, 2.24) is 0 Å². The molecule has 2 atom stereocenters. The van der Waals surface area contributed by atoms with Crippen molar-refractivity contribution in [3.8, 4) is 0 Å². The van der Waals surface area contributed by atoms with Gasteiger partial charge in [-0.25, -0.2) is 0 Å². The van der Waals surface area contributed by atoms with Crippen LogP contribution in [0.4, 0.5) is 0 Å². The highest BCUT2D eigenvalue weighted by Crippen LogP contribution is 2.30. The summed E-state index contributed by atoms with van der Waals surface area (Å²) in [5.41, 5.74) is 1.30. The normalized spacial score (nSPS) is 11.5. The van der Waals surface area contributed by atoms with E-state index in [1.807, 2.05) is 30.3 Å². The summed E-state index contributed by atoms with van der Waals surface area (Å²) >= 11 is 0. The van der Waals surface area contributed by atoms with Gasteiger partial charge in [-0.2, -0.15) is 0 Å². The first kappa shape index (κ1) is 20.0. The Bertz CT molecular complexity index is 1020. The van der Waals surface area contributed by atoms with Crippen LogP contribution >= 0.6 is 16.5 Å². The predicted molar refractivity (Wildman–Crippen MR) is 101 cm³/mol. The maximum atomic E-state index is 12.2. The number of allylic oxidation sites excluding steroid dienone is 1. The Labute approximate surface area is 151 Å². The molecule has 0 amide bonds. The Balaban J connectivity index is 0.000000298. The number of carbonyl (C=O) groups is 1. The van der Waals surface area contributed by atoms with Crippen LogP contribution in [-0.4, -0.2) is 15.6 Å². The lowest BCUT2D eigenvalue weighted by Crippen LogP contribution is -2.00. The Morgan fingerprint density at radius 1 is 0.923 bits per heavy atom. The van der Waals surface area contributed by atoms with Crippen molar-refractivity contribution in [2.45, 2.75) is 6.92 Å². The molecule has 0 aromatic heterocycles. The summed E-state index contributed by atoms with van der Waals surface area (Å²) in [6.07, 6.45) is 0. The van der Waals surface area contributed by atoms with Crippen LogP contribution in [0.15, 0.2) is 66.7 Å². The molecule has 2 N–H and O–H groups in total. The summed E-state index contributed by atoms with van der Waals surface area (Å²) in [6.45, 7) is 5.50. The zero-order valence-electron chi connectivity index (χ0n) is 13.8. The third-order valence-corrected chi connectivity index (χ3v) is 4.64. The first-order chi connectivity index (χ1) is 12.3. The van der Waals surface area contributed by atoms with Gasteiger partial charge in [0.1, 0.15) is 0 Å². The molecule has 0 saturated heterocycles. The fourth-order valence-electron chi connectivity index (χ4n) is 2.45. The van der Waals surface area contributed by atoms with Gasteiger partial charge >= 0.3 is 16.5 Å². The average Bonchev–Trinajstić information content (AvgIpc) is 2.58. The summed E-state index contributed by atoms with van der Waals surface area (Å²) in [5.74, 6) is 0.0147. The number of hydrogen-bond donors (Lipinski definition) is 2. The number of Topliss-reactive ketones (excluding diaryl/α,β-unsaturated/α-hetero) is 1. The first-order valence-electron chi connectivity index (χ1n) is 7.41. The summed E-state index contributed by atoms with van der Waals surface area (Å²) in [5, 5.41) is 4.42. The lowest BCUT2D eigenvalue weighted by atomic mass is 9.96. The van der Waals surface area contributed by atoms with Crippen molar-refractivity contribution in [2.24, 2.45) is 0 Å². The third kappa shape index (κ3) is 5.09. The Kier molecular flexibility index (Phi) is 6.81. The molecular formula is C18H16O6P2+2. The smallest absolute Gasteiger partial charge is 0.289 e. The highest BCUT2D eigenvalue weighted by molar-refractivity contribution is 7.46. The number of carbonyl (C=O) groups excluding carboxylic acids is 1. The van der Waals surface area contributed by atoms with Crippen molar-refractivity contribution in [2.75, 3.05) is 0 Å². The molecule has 0 heterocycles. The molecule has 3 rings (SSSR count). The van der Waals surface area contributed by atoms with Gasteiger partial charge in [0.15, 0.2) is 10.1 Å². The molecule has 26 heavy (non-hydrogen) atoms. The molecule has 0 spiro atoms. The maximum absolute atomic E-state index is 12.2. The molecule has 6 nitrogen and oxygen atoms in total. The van der Waals surface area contributed by atoms with Crippen LogP contribution in [0.25, 0.3) is 21.5 Å². The van der Waals surface area contributed by atoms with E-state index in [1.54, 1.807) is 6.92 Å². The van der Waals surface area contributed by atoms with Crippen molar-refractivity contribution < 1.29 is 28.0 Å². The number of hydrogen-bond acceptors (Lipinski definition) is 4. The summed E-state index contributed by atoms with van der Waals surface area (Å²) < 4.78 is 22.2. The van der Waals surface area contributed by atoms with Crippen molar-refractivity contribution >= 4 is 43.8 Å². The maximum Gasteiger partial charge on any atom is 0.745 e. The minimum Gasteiger partial charge on any atom is -0.289 e. The lowest BCUT2D eigenvalue weighted by molar-refractivity contribution is 0.103. The van der Waals surface area contributed by atoms with E-state index in [-0.39, 0.29) is 5.78 Å². The van der Waals surface area contributed by atoms with Gasteiger partial charge in [-0.15, -0.1) is 9.79 Å². The van der Waals surface area contributed by atoms with E-state index < -0.39 is 16.5 Å². The molecule has 0 aliphatic heterocycles. The van der Waals surface area contributed by atoms with Crippen LogP contribution in [0, 0.1) is 0 Å². The van der Waals surface area contributed by atoms with Crippen LogP contribution in [0.3, 0.4) is 0 Å². The largest absolute Gasteiger partial charge is 0.745 e. The number of ketones is 1. The van der Waals surface area contributed by atoms with Gasteiger partial charge in [0.2, 0.25) is 0 Å². The molecule has 3 aromatic carbocycles. The number of rotatable bonds is 4. The van der Waals surface area contributed by atoms with E-state index in [2.05, 4.69) is 35.2 Å². The predicted octanol–water partition coefficient (Wildman–Crippen LogP) is 5.05. The zero-order valence-corrected chi connectivity index (χ0v) is 15.6. The fourth-order valence-corrected chi connectivity index (χ4v) is 2.93. The van der Waals surface area contributed by atoms with Gasteiger partial charge in [0.05, 0.1) is 0 Å². The minimum absolute atomic E-state index is 0.0147. The fraction of sp³-hybridized carbons (Fsp3) is 0.0556. The lowest BCUT2D eigenvalue weighted by Gasteiger charge is -2.07. The van der Waals surface area contributed by atoms with Crippen LogP contribution < -0.4 is 0 Å².